The number of benzene rings is 1. The molecule has 3 rings (SSSR count). The molecule has 1 unspecified atom stereocenters. The van der Waals surface area contributed by atoms with Crippen molar-refractivity contribution < 1.29 is 13.9 Å². The first kappa shape index (κ1) is 17.2. The Morgan fingerprint density at radius 1 is 1.48 bits per heavy atom. The van der Waals surface area contributed by atoms with Crippen molar-refractivity contribution >= 4 is 11.7 Å². The fourth-order valence-electron chi connectivity index (χ4n) is 3.17. The third-order valence-corrected chi connectivity index (χ3v) is 4.46. The second-order valence-electron chi connectivity index (χ2n) is 6.04. The molecule has 7 nitrogen and oxygen atoms in total. The number of carbonyl (C=O) groups is 1. The van der Waals surface area contributed by atoms with Gasteiger partial charge in [0.1, 0.15) is 23.7 Å². The summed E-state index contributed by atoms with van der Waals surface area (Å²) in [7, 11) is 1.48. The summed E-state index contributed by atoms with van der Waals surface area (Å²) in [6, 6.07) is 3.78. The van der Waals surface area contributed by atoms with E-state index < -0.39 is 5.82 Å². The van der Waals surface area contributed by atoms with Crippen molar-refractivity contribution in [3.05, 3.63) is 36.2 Å². The number of urea groups is 1. The predicted octanol–water partition coefficient (Wildman–Crippen LogP) is 2.86. The maximum atomic E-state index is 13.5. The molecule has 0 aliphatic carbocycles. The molecule has 1 aliphatic heterocycles. The van der Waals surface area contributed by atoms with E-state index in [1.807, 2.05) is 11.5 Å². The van der Waals surface area contributed by atoms with Crippen LogP contribution < -0.4 is 10.1 Å². The molecule has 0 bridgehead atoms. The number of nitrogens with one attached hydrogen (secondary N) is 1. The van der Waals surface area contributed by atoms with Crippen molar-refractivity contribution in [3.8, 4) is 5.75 Å². The lowest BCUT2D eigenvalue weighted by Crippen LogP contribution is -2.42. The van der Waals surface area contributed by atoms with Crippen LogP contribution in [0.3, 0.4) is 0 Å². The molecule has 134 valence electrons. The Morgan fingerprint density at radius 3 is 3.08 bits per heavy atom. The van der Waals surface area contributed by atoms with Gasteiger partial charge < -0.3 is 19.5 Å². The number of carbonyl (C=O) groups excluding carboxylic acids is 1. The summed E-state index contributed by atoms with van der Waals surface area (Å²) in [6.07, 6.45) is 3.56. The Morgan fingerprint density at radius 2 is 2.32 bits per heavy atom. The van der Waals surface area contributed by atoms with Crippen LogP contribution in [0.25, 0.3) is 0 Å². The summed E-state index contributed by atoms with van der Waals surface area (Å²) in [4.78, 5) is 14.3. The Kier molecular flexibility index (Phi) is 5.16. The van der Waals surface area contributed by atoms with E-state index in [0.717, 1.165) is 25.2 Å². The topological polar surface area (TPSA) is 72.3 Å². The molecule has 1 fully saturated rings. The Bertz CT molecular complexity index is 748. The standard InChI is InChI=1S/C17H22FN5O2/c1-3-22-11-19-21-16(22)12-5-4-8-23(10-12)17(24)20-14-9-13(18)6-7-15(14)25-2/h6-7,9,11-12H,3-5,8,10H2,1-2H3,(H,20,24). The Hall–Kier alpha value is -2.64. The van der Waals surface area contributed by atoms with Crippen LogP contribution in [0.4, 0.5) is 14.9 Å². The van der Waals surface area contributed by atoms with Gasteiger partial charge >= 0.3 is 6.03 Å². The van der Waals surface area contributed by atoms with Gasteiger partial charge in [0.2, 0.25) is 0 Å². The molecule has 1 atom stereocenters. The number of halogens is 1. The SMILES string of the molecule is CCn1cnnc1C1CCCN(C(=O)Nc2cc(F)ccc2OC)C1. The van der Waals surface area contributed by atoms with Gasteiger partial charge in [-0.1, -0.05) is 0 Å². The van der Waals surface area contributed by atoms with E-state index in [2.05, 4.69) is 15.5 Å². The van der Waals surface area contributed by atoms with Gasteiger partial charge in [-0.25, -0.2) is 9.18 Å². The number of hydrogen-bond acceptors (Lipinski definition) is 4. The minimum absolute atomic E-state index is 0.149. The summed E-state index contributed by atoms with van der Waals surface area (Å²) in [5, 5.41) is 10.9. The summed E-state index contributed by atoms with van der Waals surface area (Å²) in [6.45, 7) is 4.05. The van der Waals surface area contributed by atoms with Crippen molar-refractivity contribution in [2.75, 3.05) is 25.5 Å². The maximum Gasteiger partial charge on any atom is 0.321 e. The van der Waals surface area contributed by atoms with E-state index in [-0.39, 0.29) is 11.9 Å². The fourth-order valence-corrected chi connectivity index (χ4v) is 3.17. The van der Waals surface area contributed by atoms with Crippen molar-refractivity contribution in [2.24, 2.45) is 0 Å². The van der Waals surface area contributed by atoms with Gasteiger partial charge in [0.25, 0.3) is 0 Å². The van der Waals surface area contributed by atoms with Crippen LogP contribution in [0, 0.1) is 5.82 Å². The highest BCUT2D eigenvalue weighted by Gasteiger charge is 2.28. The molecule has 2 heterocycles. The van der Waals surface area contributed by atoms with Crippen LogP contribution in [0.1, 0.15) is 31.5 Å². The lowest BCUT2D eigenvalue weighted by atomic mass is 9.97. The van der Waals surface area contributed by atoms with Crippen molar-refractivity contribution in [1.82, 2.24) is 19.7 Å². The van der Waals surface area contributed by atoms with Gasteiger partial charge in [-0.2, -0.15) is 0 Å². The first-order valence-electron chi connectivity index (χ1n) is 8.39. The third kappa shape index (κ3) is 3.72. The number of hydrogen-bond donors (Lipinski definition) is 1. The summed E-state index contributed by atoms with van der Waals surface area (Å²) < 4.78 is 20.6. The van der Waals surface area contributed by atoms with Gasteiger partial charge in [-0.3, -0.25) is 0 Å². The quantitative estimate of drug-likeness (QED) is 0.923. The van der Waals surface area contributed by atoms with Gasteiger partial charge in [0, 0.05) is 31.6 Å². The maximum absolute atomic E-state index is 13.5. The minimum Gasteiger partial charge on any atom is -0.495 e. The zero-order chi connectivity index (χ0) is 17.8. The number of nitrogens with zero attached hydrogens (tertiary/aromatic N) is 4. The molecule has 0 saturated carbocycles. The Balaban J connectivity index is 1.71. The lowest BCUT2D eigenvalue weighted by Gasteiger charge is -2.32. The largest absolute Gasteiger partial charge is 0.495 e. The van der Waals surface area contributed by atoms with Gasteiger partial charge in [0.15, 0.2) is 0 Å². The van der Waals surface area contributed by atoms with E-state index >= 15 is 0 Å². The number of rotatable bonds is 4. The molecule has 2 aromatic rings. The molecule has 1 aromatic carbocycles. The average molecular weight is 347 g/mol. The van der Waals surface area contributed by atoms with E-state index in [0.29, 0.717) is 24.5 Å². The molecule has 1 N–H and O–H groups in total. The molecule has 0 spiro atoms. The highest BCUT2D eigenvalue weighted by molar-refractivity contribution is 5.91. The van der Waals surface area contributed by atoms with Crippen LogP contribution in [-0.2, 0) is 6.54 Å². The van der Waals surface area contributed by atoms with E-state index in [1.165, 1.54) is 25.3 Å². The predicted molar refractivity (Wildman–Crippen MR) is 91.2 cm³/mol. The highest BCUT2D eigenvalue weighted by atomic mass is 19.1. The number of anilines is 1. The van der Waals surface area contributed by atoms with Crippen LogP contribution in [0.2, 0.25) is 0 Å². The molecule has 1 aromatic heterocycles. The van der Waals surface area contributed by atoms with Gasteiger partial charge in [-0.15, -0.1) is 10.2 Å². The van der Waals surface area contributed by atoms with Gasteiger partial charge in [-0.05, 0) is 31.9 Å². The van der Waals surface area contributed by atoms with Crippen molar-refractivity contribution in [2.45, 2.75) is 32.2 Å². The van der Waals surface area contributed by atoms with Gasteiger partial charge in [0.05, 0.1) is 12.8 Å². The van der Waals surface area contributed by atoms with E-state index in [4.69, 9.17) is 4.74 Å². The lowest BCUT2D eigenvalue weighted by molar-refractivity contribution is 0.190. The number of methoxy groups -OCH3 is 1. The molecule has 1 aliphatic rings. The number of piperidine rings is 1. The monoisotopic (exact) mass is 347 g/mol. The second kappa shape index (κ2) is 7.50. The molecule has 0 radical (unpaired) electrons. The fraction of sp³-hybridized carbons (Fsp3) is 0.471. The molecular weight excluding hydrogens is 325 g/mol. The number of aryl methyl sites for hydroxylation is 1. The molecule has 25 heavy (non-hydrogen) atoms. The van der Waals surface area contributed by atoms with Crippen LogP contribution in [0.15, 0.2) is 24.5 Å². The number of ether oxygens (including phenoxy) is 1. The van der Waals surface area contributed by atoms with Crippen LogP contribution in [0.5, 0.6) is 5.75 Å². The molecule has 8 heteroatoms. The second-order valence-corrected chi connectivity index (χ2v) is 6.04. The average Bonchev–Trinajstić information content (AvgIpc) is 3.11. The zero-order valence-corrected chi connectivity index (χ0v) is 14.4. The smallest absolute Gasteiger partial charge is 0.321 e. The first-order chi connectivity index (χ1) is 12.1. The number of likely N-dealkylation sites (tertiary alicyclic amines) is 1. The normalized spacial score (nSPS) is 17.4. The van der Waals surface area contributed by atoms with Crippen LogP contribution >= 0.6 is 0 Å². The van der Waals surface area contributed by atoms with Crippen molar-refractivity contribution in [1.29, 1.82) is 0 Å². The molecule has 2 amide bonds. The minimum atomic E-state index is -0.427. The summed E-state index contributed by atoms with van der Waals surface area (Å²) >= 11 is 0. The Labute approximate surface area is 145 Å². The zero-order valence-electron chi connectivity index (χ0n) is 14.4. The number of aromatic nitrogens is 3. The van der Waals surface area contributed by atoms with E-state index in [9.17, 15) is 9.18 Å². The number of amides is 2. The molecule has 1 saturated heterocycles. The highest BCUT2D eigenvalue weighted by Crippen LogP contribution is 2.28. The summed E-state index contributed by atoms with van der Waals surface area (Å²) in [5.74, 6) is 1.05. The summed E-state index contributed by atoms with van der Waals surface area (Å²) in [5.41, 5.74) is 0.325. The van der Waals surface area contributed by atoms with Crippen molar-refractivity contribution in [3.63, 3.8) is 0 Å². The van der Waals surface area contributed by atoms with Crippen LogP contribution in [-0.4, -0.2) is 45.9 Å². The van der Waals surface area contributed by atoms with E-state index in [1.54, 1.807) is 11.2 Å². The molecular formula is C17H22FN5O2. The first-order valence-corrected chi connectivity index (χ1v) is 8.39. The third-order valence-electron chi connectivity index (χ3n) is 4.46.